The van der Waals surface area contributed by atoms with Gasteiger partial charge in [0.15, 0.2) is 0 Å². The number of nitrogens with zero attached hydrogens (tertiary/aromatic N) is 2. The Hall–Kier alpha value is -2.55. The Labute approximate surface area is 136 Å². The first kappa shape index (κ1) is 16.8. The third-order valence-electron chi connectivity index (χ3n) is 3.77. The van der Waals surface area contributed by atoms with Crippen LogP contribution in [-0.4, -0.2) is 29.9 Å². The van der Waals surface area contributed by atoms with Gasteiger partial charge in [0.25, 0.3) is 0 Å². The molecule has 1 fully saturated rings. The lowest BCUT2D eigenvalue weighted by molar-refractivity contribution is -0.116. The maximum Gasteiger partial charge on any atom is 0.321 e. The second-order valence-electron chi connectivity index (χ2n) is 5.72. The van der Waals surface area contributed by atoms with Crippen LogP contribution in [0.25, 0.3) is 0 Å². The summed E-state index contributed by atoms with van der Waals surface area (Å²) in [5.74, 6) is -0.127. The highest BCUT2D eigenvalue weighted by Gasteiger charge is 2.23. The molecule has 6 nitrogen and oxygen atoms in total. The minimum atomic E-state index is -0.206. The summed E-state index contributed by atoms with van der Waals surface area (Å²) >= 11 is 0. The topological polar surface area (TPSA) is 85.2 Å². The van der Waals surface area contributed by atoms with Crippen molar-refractivity contribution < 1.29 is 9.59 Å². The molecule has 122 valence electrons. The summed E-state index contributed by atoms with van der Waals surface area (Å²) in [4.78, 5) is 25.6. The predicted octanol–water partition coefficient (Wildman–Crippen LogP) is 3.19. The van der Waals surface area contributed by atoms with Crippen LogP contribution in [0.3, 0.4) is 0 Å². The van der Waals surface area contributed by atoms with Crippen LogP contribution in [0, 0.1) is 17.2 Å². The smallest absolute Gasteiger partial charge is 0.321 e. The maximum atomic E-state index is 12.3. The fraction of sp³-hybridized carbons (Fsp3) is 0.471. The van der Waals surface area contributed by atoms with Gasteiger partial charge in [0.05, 0.1) is 12.0 Å². The zero-order chi connectivity index (χ0) is 16.7. The van der Waals surface area contributed by atoms with Gasteiger partial charge in [-0.05, 0) is 37.5 Å². The molecule has 23 heavy (non-hydrogen) atoms. The molecule has 1 heterocycles. The van der Waals surface area contributed by atoms with Crippen LogP contribution in [0.15, 0.2) is 24.3 Å². The predicted molar refractivity (Wildman–Crippen MR) is 88.9 cm³/mol. The highest BCUT2D eigenvalue weighted by Crippen LogP contribution is 2.19. The highest BCUT2D eigenvalue weighted by atomic mass is 16.2. The fourth-order valence-electron chi connectivity index (χ4n) is 2.59. The second-order valence-corrected chi connectivity index (χ2v) is 5.72. The second kappa shape index (κ2) is 8.18. The zero-order valence-electron chi connectivity index (χ0n) is 13.3. The number of likely N-dealkylation sites (tertiary alicyclic amines) is 1. The Balaban J connectivity index is 1.95. The largest absolute Gasteiger partial charge is 0.326 e. The van der Waals surface area contributed by atoms with Crippen LogP contribution in [0.5, 0.6) is 0 Å². The molecule has 1 saturated heterocycles. The van der Waals surface area contributed by atoms with Gasteiger partial charge in [0, 0.05) is 30.9 Å². The van der Waals surface area contributed by atoms with Gasteiger partial charge in [-0.25, -0.2) is 4.79 Å². The van der Waals surface area contributed by atoms with Crippen molar-refractivity contribution in [2.45, 2.75) is 32.6 Å². The standard InChI is InChI=1S/C17H22N4O2/c1-2-5-16(22)19-14-7-3-8-15(10-14)20-17(23)21-9-4-6-13(11-18)12-21/h3,7-8,10,13H,2,4-6,9,12H2,1H3,(H,19,22)(H,20,23). The number of rotatable bonds is 4. The van der Waals surface area contributed by atoms with Crippen molar-refractivity contribution in [3.8, 4) is 6.07 Å². The molecule has 1 aliphatic heterocycles. The summed E-state index contributed by atoms with van der Waals surface area (Å²) in [6.45, 7) is 3.08. The van der Waals surface area contributed by atoms with Gasteiger partial charge in [0.1, 0.15) is 0 Å². The molecule has 2 rings (SSSR count). The summed E-state index contributed by atoms with van der Waals surface area (Å²) in [7, 11) is 0. The highest BCUT2D eigenvalue weighted by molar-refractivity contribution is 5.93. The van der Waals surface area contributed by atoms with Crippen molar-refractivity contribution >= 4 is 23.3 Å². The molecule has 1 aromatic rings. The van der Waals surface area contributed by atoms with Crippen LogP contribution in [-0.2, 0) is 4.79 Å². The Morgan fingerprint density at radius 3 is 2.78 bits per heavy atom. The van der Waals surface area contributed by atoms with Crippen molar-refractivity contribution in [2.24, 2.45) is 5.92 Å². The molecule has 0 aromatic heterocycles. The number of hydrogen-bond donors (Lipinski definition) is 2. The molecule has 1 aromatic carbocycles. The summed E-state index contributed by atoms with van der Waals surface area (Å²) in [6, 6.07) is 9.10. The molecule has 1 unspecified atom stereocenters. The Morgan fingerprint density at radius 1 is 1.35 bits per heavy atom. The quantitative estimate of drug-likeness (QED) is 0.895. The van der Waals surface area contributed by atoms with Crippen molar-refractivity contribution in [1.82, 2.24) is 4.90 Å². The molecule has 1 atom stereocenters. The summed E-state index contributed by atoms with van der Waals surface area (Å²) < 4.78 is 0. The number of nitrogens with one attached hydrogen (secondary N) is 2. The van der Waals surface area contributed by atoms with Crippen LogP contribution in [0.1, 0.15) is 32.6 Å². The van der Waals surface area contributed by atoms with E-state index in [1.165, 1.54) is 0 Å². The van der Waals surface area contributed by atoms with E-state index in [1.807, 2.05) is 6.92 Å². The van der Waals surface area contributed by atoms with Crippen molar-refractivity contribution in [1.29, 1.82) is 5.26 Å². The van der Waals surface area contributed by atoms with Crippen LogP contribution < -0.4 is 10.6 Å². The number of hydrogen-bond acceptors (Lipinski definition) is 3. The minimum Gasteiger partial charge on any atom is -0.326 e. The van der Waals surface area contributed by atoms with Gasteiger partial charge in [0.2, 0.25) is 5.91 Å². The van der Waals surface area contributed by atoms with E-state index in [4.69, 9.17) is 5.26 Å². The SMILES string of the molecule is CCCC(=O)Nc1cccc(NC(=O)N2CCCC(C#N)C2)c1. The molecule has 1 aliphatic rings. The van der Waals surface area contributed by atoms with E-state index >= 15 is 0 Å². The monoisotopic (exact) mass is 314 g/mol. The van der Waals surface area contributed by atoms with Gasteiger partial charge < -0.3 is 15.5 Å². The van der Waals surface area contributed by atoms with Crippen LogP contribution in [0.2, 0.25) is 0 Å². The lowest BCUT2D eigenvalue weighted by atomic mass is 10.0. The van der Waals surface area contributed by atoms with Crippen LogP contribution in [0.4, 0.5) is 16.2 Å². The first-order valence-corrected chi connectivity index (χ1v) is 7.98. The number of amides is 3. The molecule has 0 saturated carbocycles. The van der Waals surface area contributed by atoms with Crippen molar-refractivity contribution in [3.63, 3.8) is 0 Å². The number of anilines is 2. The molecular formula is C17H22N4O2. The van der Waals surface area contributed by atoms with E-state index in [-0.39, 0.29) is 17.9 Å². The van der Waals surface area contributed by atoms with Gasteiger partial charge in [-0.1, -0.05) is 13.0 Å². The van der Waals surface area contributed by atoms with E-state index in [2.05, 4.69) is 16.7 Å². The Bertz CT molecular complexity index is 609. The Kier molecular flexibility index (Phi) is 5.98. The third kappa shape index (κ3) is 4.99. The molecule has 0 bridgehead atoms. The average molecular weight is 314 g/mol. The molecule has 0 aliphatic carbocycles. The van der Waals surface area contributed by atoms with E-state index in [0.29, 0.717) is 30.9 Å². The van der Waals surface area contributed by atoms with E-state index in [0.717, 1.165) is 19.3 Å². The summed E-state index contributed by atoms with van der Waals surface area (Å²) in [5.41, 5.74) is 1.29. The normalized spacial score (nSPS) is 17.2. The molecule has 0 radical (unpaired) electrons. The van der Waals surface area contributed by atoms with Crippen LogP contribution >= 0.6 is 0 Å². The maximum absolute atomic E-state index is 12.3. The Morgan fingerprint density at radius 2 is 2.09 bits per heavy atom. The number of urea groups is 1. The number of carbonyl (C=O) groups is 2. The van der Waals surface area contributed by atoms with Crippen molar-refractivity contribution in [3.05, 3.63) is 24.3 Å². The number of carbonyl (C=O) groups excluding carboxylic acids is 2. The third-order valence-corrected chi connectivity index (χ3v) is 3.77. The molecular weight excluding hydrogens is 292 g/mol. The fourth-order valence-corrected chi connectivity index (χ4v) is 2.59. The number of piperidine rings is 1. The number of benzene rings is 1. The molecule has 3 amide bonds. The first-order valence-electron chi connectivity index (χ1n) is 7.98. The lowest BCUT2D eigenvalue weighted by Gasteiger charge is -2.29. The van der Waals surface area contributed by atoms with E-state index in [9.17, 15) is 9.59 Å². The van der Waals surface area contributed by atoms with Crippen molar-refractivity contribution in [2.75, 3.05) is 23.7 Å². The van der Waals surface area contributed by atoms with Gasteiger partial charge in [-0.2, -0.15) is 5.26 Å². The lowest BCUT2D eigenvalue weighted by Crippen LogP contribution is -2.42. The van der Waals surface area contributed by atoms with E-state index in [1.54, 1.807) is 29.2 Å². The number of nitriles is 1. The zero-order valence-corrected chi connectivity index (χ0v) is 13.3. The van der Waals surface area contributed by atoms with Gasteiger partial charge in [-0.3, -0.25) is 4.79 Å². The minimum absolute atomic E-state index is 0.0381. The van der Waals surface area contributed by atoms with E-state index < -0.39 is 0 Å². The van der Waals surface area contributed by atoms with Gasteiger partial charge in [-0.15, -0.1) is 0 Å². The molecule has 6 heteroatoms. The first-order chi connectivity index (χ1) is 11.1. The summed E-state index contributed by atoms with van der Waals surface area (Å²) in [6.07, 6.45) is 2.95. The average Bonchev–Trinajstić information content (AvgIpc) is 2.55. The summed E-state index contributed by atoms with van der Waals surface area (Å²) in [5, 5.41) is 14.6. The molecule has 2 N–H and O–H groups in total. The van der Waals surface area contributed by atoms with Gasteiger partial charge >= 0.3 is 6.03 Å². The molecule has 0 spiro atoms.